The van der Waals surface area contributed by atoms with E-state index in [1.165, 1.54) is 11.1 Å². The van der Waals surface area contributed by atoms with Crippen LogP contribution in [-0.4, -0.2) is 24.2 Å². The van der Waals surface area contributed by atoms with Crippen molar-refractivity contribution < 1.29 is 4.74 Å². The standard InChI is InChI=1S/C12H15NOS/c1-2-9-6-13-5-4-11(9)12(3-1)14-10-7-15-8-10/h1-3,10,13H,4-8H2. The predicted octanol–water partition coefficient (Wildman–Crippen LogP) is 1.83. The van der Waals surface area contributed by atoms with Crippen molar-refractivity contribution in [1.82, 2.24) is 5.32 Å². The molecule has 2 nitrogen and oxygen atoms in total. The average Bonchev–Trinajstić information content (AvgIpc) is 2.23. The van der Waals surface area contributed by atoms with E-state index in [9.17, 15) is 0 Å². The monoisotopic (exact) mass is 221 g/mol. The first-order valence-electron chi connectivity index (χ1n) is 5.49. The van der Waals surface area contributed by atoms with Gasteiger partial charge in [0.2, 0.25) is 0 Å². The molecule has 15 heavy (non-hydrogen) atoms. The van der Waals surface area contributed by atoms with Crippen molar-refractivity contribution in [2.45, 2.75) is 19.1 Å². The summed E-state index contributed by atoms with van der Waals surface area (Å²) in [5.41, 5.74) is 2.83. The van der Waals surface area contributed by atoms with E-state index in [1.54, 1.807) is 0 Å². The zero-order valence-electron chi connectivity index (χ0n) is 8.66. The van der Waals surface area contributed by atoms with Crippen LogP contribution in [0.2, 0.25) is 0 Å². The fourth-order valence-electron chi connectivity index (χ4n) is 2.07. The van der Waals surface area contributed by atoms with Crippen LogP contribution in [0.1, 0.15) is 11.1 Å². The number of fused-ring (bicyclic) bond motifs is 1. The highest BCUT2D eigenvalue weighted by molar-refractivity contribution is 8.00. The van der Waals surface area contributed by atoms with Crippen LogP contribution < -0.4 is 10.1 Å². The van der Waals surface area contributed by atoms with Crippen LogP contribution >= 0.6 is 11.8 Å². The van der Waals surface area contributed by atoms with Gasteiger partial charge in [-0.15, -0.1) is 0 Å². The molecule has 0 bridgehead atoms. The van der Waals surface area contributed by atoms with Gasteiger partial charge >= 0.3 is 0 Å². The molecular formula is C12H15NOS. The van der Waals surface area contributed by atoms with Gasteiger partial charge in [-0.2, -0.15) is 11.8 Å². The first-order chi connectivity index (χ1) is 7.43. The van der Waals surface area contributed by atoms with E-state index in [0.29, 0.717) is 6.10 Å². The van der Waals surface area contributed by atoms with Gasteiger partial charge in [0.1, 0.15) is 11.9 Å². The summed E-state index contributed by atoms with van der Waals surface area (Å²) in [5.74, 6) is 3.43. The number of thioether (sulfide) groups is 1. The molecule has 0 radical (unpaired) electrons. The van der Waals surface area contributed by atoms with E-state index in [-0.39, 0.29) is 0 Å². The number of nitrogens with one attached hydrogen (secondary N) is 1. The van der Waals surface area contributed by atoms with Crippen molar-refractivity contribution in [3.05, 3.63) is 29.3 Å². The first-order valence-corrected chi connectivity index (χ1v) is 6.65. The van der Waals surface area contributed by atoms with Gasteiger partial charge < -0.3 is 10.1 Å². The second kappa shape index (κ2) is 4.06. The Morgan fingerprint density at radius 3 is 3.07 bits per heavy atom. The molecule has 80 valence electrons. The van der Waals surface area contributed by atoms with Crippen molar-refractivity contribution in [3.8, 4) is 5.75 Å². The maximum absolute atomic E-state index is 6.00. The maximum Gasteiger partial charge on any atom is 0.123 e. The van der Waals surface area contributed by atoms with Crippen LogP contribution in [0, 0.1) is 0 Å². The highest BCUT2D eigenvalue weighted by Crippen LogP contribution is 2.29. The number of ether oxygens (including phenoxy) is 1. The molecule has 1 saturated heterocycles. The van der Waals surface area contributed by atoms with Crippen molar-refractivity contribution in [3.63, 3.8) is 0 Å². The zero-order chi connectivity index (χ0) is 10.1. The van der Waals surface area contributed by atoms with Gasteiger partial charge in [-0.1, -0.05) is 12.1 Å². The Balaban J connectivity index is 1.85. The molecule has 3 rings (SSSR count). The number of benzene rings is 1. The minimum Gasteiger partial charge on any atom is -0.488 e. The third-order valence-electron chi connectivity index (χ3n) is 3.00. The van der Waals surface area contributed by atoms with Gasteiger partial charge in [-0.05, 0) is 30.2 Å². The Hall–Kier alpha value is -0.670. The summed E-state index contributed by atoms with van der Waals surface area (Å²) < 4.78 is 6.00. The lowest BCUT2D eigenvalue weighted by Gasteiger charge is -2.28. The summed E-state index contributed by atoms with van der Waals surface area (Å²) in [4.78, 5) is 0. The van der Waals surface area contributed by atoms with Crippen molar-refractivity contribution in [1.29, 1.82) is 0 Å². The number of rotatable bonds is 2. The summed E-state index contributed by atoms with van der Waals surface area (Å²) in [6, 6.07) is 6.42. The molecule has 0 spiro atoms. The largest absolute Gasteiger partial charge is 0.488 e. The average molecular weight is 221 g/mol. The van der Waals surface area contributed by atoms with E-state index in [4.69, 9.17) is 4.74 Å². The predicted molar refractivity (Wildman–Crippen MR) is 63.6 cm³/mol. The molecule has 0 atom stereocenters. The summed E-state index contributed by atoms with van der Waals surface area (Å²) in [6.07, 6.45) is 1.56. The minimum absolute atomic E-state index is 0.455. The Kier molecular flexibility index (Phi) is 2.59. The van der Waals surface area contributed by atoms with Crippen LogP contribution in [0.4, 0.5) is 0 Å². The lowest BCUT2D eigenvalue weighted by atomic mass is 10.00. The molecular weight excluding hydrogens is 206 g/mol. The smallest absolute Gasteiger partial charge is 0.123 e. The molecule has 0 aliphatic carbocycles. The first kappa shape index (κ1) is 9.55. The molecule has 0 amide bonds. The summed E-state index contributed by atoms with van der Waals surface area (Å²) >= 11 is 1.96. The molecule has 0 unspecified atom stereocenters. The highest BCUT2D eigenvalue weighted by atomic mass is 32.2. The number of hydrogen-bond acceptors (Lipinski definition) is 3. The van der Waals surface area contributed by atoms with Crippen LogP contribution in [-0.2, 0) is 13.0 Å². The van der Waals surface area contributed by atoms with Crippen LogP contribution in [0.25, 0.3) is 0 Å². The molecule has 1 fully saturated rings. The lowest BCUT2D eigenvalue weighted by molar-refractivity contribution is 0.237. The lowest BCUT2D eigenvalue weighted by Crippen LogP contribution is -2.32. The third-order valence-corrected chi connectivity index (χ3v) is 4.21. The third kappa shape index (κ3) is 1.86. The molecule has 1 N–H and O–H groups in total. The van der Waals surface area contributed by atoms with Crippen LogP contribution in [0.5, 0.6) is 5.75 Å². The summed E-state index contributed by atoms with van der Waals surface area (Å²) in [5, 5.41) is 3.39. The maximum atomic E-state index is 6.00. The zero-order valence-corrected chi connectivity index (χ0v) is 9.48. The van der Waals surface area contributed by atoms with E-state index in [1.807, 2.05) is 11.8 Å². The number of hydrogen-bond donors (Lipinski definition) is 1. The molecule has 3 heteroatoms. The van der Waals surface area contributed by atoms with Gasteiger partial charge in [0.05, 0.1) is 0 Å². The second-order valence-electron chi connectivity index (χ2n) is 4.10. The van der Waals surface area contributed by atoms with Gasteiger partial charge in [0, 0.05) is 18.1 Å². The van der Waals surface area contributed by atoms with E-state index in [2.05, 4.69) is 23.5 Å². The minimum atomic E-state index is 0.455. The summed E-state index contributed by atoms with van der Waals surface area (Å²) in [6.45, 7) is 2.07. The normalized spacial score (nSPS) is 20.5. The Labute approximate surface area is 94.4 Å². The summed E-state index contributed by atoms with van der Waals surface area (Å²) in [7, 11) is 0. The van der Waals surface area contributed by atoms with E-state index < -0.39 is 0 Å². The molecule has 0 aromatic heterocycles. The van der Waals surface area contributed by atoms with E-state index in [0.717, 1.165) is 36.8 Å². The Morgan fingerprint density at radius 1 is 1.33 bits per heavy atom. The van der Waals surface area contributed by atoms with Crippen LogP contribution in [0.3, 0.4) is 0 Å². The van der Waals surface area contributed by atoms with Crippen molar-refractivity contribution in [2.24, 2.45) is 0 Å². The quantitative estimate of drug-likeness (QED) is 0.823. The van der Waals surface area contributed by atoms with Gasteiger partial charge in [-0.3, -0.25) is 0 Å². The molecule has 2 aliphatic heterocycles. The van der Waals surface area contributed by atoms with E-state index >= 15 is 0 Å². The van der Waals surface area contributed by atoms with Gasteiger partial charge in [0.25, 0.3) is 0 Å². The topological polar surface area (TPSA) is 21.3 Å². The van der Waals surface area contributed by atoms with Crippen LogP contribution in [0.15, 0.2) is 18.2 Å². The molecule has 2 heterocycles. The van der Waals surface area contributed by atoms with Crippen molar-refractivity contribution >= 4 is 11.8 Å². The second-order valence-corrected chi connectivity index (χ2v) is 5.17. The highest BCUT2D eigenvalue weighted by Gasteiger charge is 2.22. The molecule has 2 aliphatic rings. The van der Waals surface area contributed by atoms with Gasteiger partial charge in [-0.25, -0.2) is 0 Å². The Morgan fingerprint density at radius 2 is 2.27 bits per heavy atom. The Bertz CT molecular complexity index is 363. The molecule has 1 aromatic carbocycles. The van der Waals surface area contributed by atoms with Gasteiger partial charge in [0.15, 0.2) is 0 Å². The SMILES string of the molecule is c1cc2c(c(OC3CSC3)c1)CCNC2. The molecule has 0 saturated carbocycles. The molecule has 1 aromatic rings. The fraction of sp³-hybridized carbons (Fsp3) is 0.500. The fourth-order valence-corrected chi connectivity index (χ4v) is 2.63. The van der Waals surface area contributed by atoms with Crippen molar-refractivity contribution in [2.75, 3.05) is 18.1 Å².